The molecule has 1 N–H and O–H groups in total. The number of benzene rings is 2. The molecule has 57 heavy (non-hydrogen) atoms. The fourth-order valence-electron chi connectivity index (χ4n) is 7.64. The molecule has 2 unspecified atom stereocenters. The third-order valence-electron chi connectivity index (χ3n) is 10.5. The van der Waals surface area contributed by atoms with E-state index in [0.29, 0.717) is 73.7 Å². The summed E-state index contributed by atoms with van der Waals surface area (Å²) in [5.41, 5.74) is 1.61. The van der Waals surface area contributed by atoms with Gasteiger partial charge in [-0.25, -0.2) is 25.3 Å². The fourth-order valence-corrected chi connectivity index (χ4v) is 9.13. The lowest BCUT2D eigenvalue weighted by Crippen LogP contribution is -2.33. The third-order valence-corrected chi connectivity index (χ3v) is 13.0. The Morgan fingerprint density at radius 2 is 1.46 bits per heavy atom. The van der Waals surface area contributed by atoms with Crippen molar-refractivity contribution in [3.63, 3.8) is 0 Å². The number of fused-ring (bicyclic) bond motifs is 2. The van der Waals surface area contributed by atoms with Gasteiger partial charge in [-0.1, -0.05) is 12.5 Å². The zero-order chi connectivity index (χ0) is 42.2. The predicted octanol–water partition coefficient (Wildman–Crippen LogP) is 3.74. The van der Waals surface area contributed by atoms with Crippen molar-refractivity contribution in [3.05, 3.63) is 71.5 Å². The average molecular weight is 855 g/mol. The minimum Gasteiger partial charge on any atom is -0.748 e. The molecule has 0 saturated heterocycles. The van der Waals surface area contributed by atoms with E-state index in [-0.39, 0.29) is 39.0 Å². The Labute approximate surface area is 335 Å². The van der Waals surface area contributed by atoms with E-state index in [1.54, 1.807) is 32.3 Å². The van der Waals surface area contributed by atoms with Gasteiger partial charge in [0.15, 0.2) is 12.3 Å². The zero-order valence-electron chi connectivity index (χ0n) is 32.5. The minimum absolute atomic E-state index is 0.00555. The van der Waals surface area contributed by atoms with Crippen molar-refractivity contribution in [1.82, 2.24) is 0 Å². The second-order valence-electron chi connectivity index (χ2n) is 14.4. The van der Waals surface area contributed by atoms with Gasteiger partial charge in [-0.3, -0.25) is 4.79 Å². The molecule has 0 bridgehead atoms. The lowest BCUT2D eigenvalue weighted by atomic mass is 9.75. The van der Waals surface area contributed by atoms with Crippen LogP contribution in [-0.4, -0.2) is 120 Å². The summed E-state index contributed by atoms with van der Waals surface area (Å²) < 4.78 is 126. The van der Waals surface area contributed by atoms with E-state index in [4.69, 9.17) is 19.3 Å². The number of anilines is 1. The van der Waals surface area contributed by atoms with Crippen molar-refractivity contribution in [2.24, 2.45) is 0 Å². The molecule has 0 fully saturated rings. The lowest BCUT2D eigenvalue weighted by molar-refractivity contribution is -0.441. The predicted molar refractivity (Wildman–Crippen MR) is 207 cm³/mol. The highest BCUT2D eigenvalue weighted by atomic mass is 32.2. The van der Waals surface area contributed by atoms with Gasteiger partial charge in [0, 0.05) is 74.1 Å². The highest BCUT2D eigenvalue weighted by molar-refractivity contribution is 7.86. The number of methoxy groups -OCH3 is 2. The van der Waals surface area contributed by atoms with E-state index in [2.05, 4.69) is 0 Å². The Kier molecular flexibility index (Phi) is 15.4. The van der Waals surface area contributed by atoms with Crippen molar-refractivity contribution in [2.45, 2.75) is 79.4 Å². The summed E-state index contributed by atoms with van der Waals surface area (Å²) >= 11 is 0. The van der Waals surface area contributed by atoms with E-state index >= 15 is 0 Å². The van der Waals surface area contributed by atoms with E-state index in [9.17, 15) is 43.7 Å². The van der Waals surface area contributed by atoms with Gasteiger partial charge >= 0.3 is 5.97 Å². The smallest absolute Gasteiger partial charge is 0.303 e. The van der Waals surface area contributed by atoms with Crippen LogP contribution in [0.25, 0.3) is 0 Å². The molecule has 0 spiro atoms. The maximum absolute atomic E-state index is 12.2. The SMILES string of the molecule is COCCOCCC1(C)/C(=C\C=C\C2=[N+](CCOC)c3ccc(S(=O)(=O)[O-])cc3C2(C)CCCS(=O)(=O)[O-])N(CCCCCC(=O)O)c2ccc(S(=O)(=O)[O-])cc21. The topological polar surface area (TPSA) is 243 Å². The fraction of sp³-hybridized carbons (Fsp3) is 0.526. The van der Waals surface area contributed by atoms with Crippen LogP contribution in [0.15, 0.2) is 70.1 Å². The molecule has 0 saturated carbocycles. The standard InChI is InChI=1S/C38H52N2O14S3/c1-37(17-9-25-55(43,44)45)30-26-28(56(46,47)48)14-16-33(30)40(20-22-52-3)34(37)10-8-11-35-38(2,18-21-54-24-23-53-4)31-27-29(57(49,50)51)13-15-32(31)39(35)19-7-5-6-12-36(41)42/h8,10-11,13-16,26-27H,5-7,9,12,17-25H2,1-4H3,(H3-,41,42,43,44,45,46,47,48,49,50,51)/p-2. The van der Waals surface area contributed by atoms with Crippen LogP contribution in [0.2, 0.25) is 0 Å². The Morgan fingerprint density at radius 1 is 0.807 bits per heavy atom. The van der Waals surface area contributed by atoms with Gasteiger partial charge in [-0.2, -0.15) is 4.58 Å². The molecule has 0 amide bonds. The minimum atomic E-state index is -4.87. The van der Waals surface area contributed by atoms with E-state index in [1.165, 1.54) is 37.4 Å². The molecule has 4 rings (SSSR count). The van der Waals surface area contributed by atoms with E-state index < -0.39 is 62.7 Å². The lowest BCUT2D eigenvalue weighted by Gasteiger charge is -2.30. The number of carboxylic acid groups (broad SMARTS) is 1. The van der Waals surface area contributed by atoms with Gasteiger partial charge in [-0.05, 0) is 87.9 Å². The largest absolute Gasteiger partial charge is 0.748 e. The molecule has 16 nitrogen and oxygen atoms in total. The number of hydrogen-bond donors (Lipinski definition) is 1. The van der Waals surface area contributed by atoms with E-state index in [0.717, 1.165) is 5.70 Å². The van der Waals surface area contributed by atoms with Crippen LogP contribution in [-0.2, 0) is 60.2 Å². The van der Waals surface area contributed by atoms with Crippen LogP contribution in [0.4, 0.5) is 11.4 Å². The van der Waals surface area contributed by atoms with Crippen molar-refractivity contribution >= 4 is 53.4 Å². The van der Waals surface area contributed by atoms with Crippen molar-refractivity contribution < 1.29 is 67.6 Å². The van der Waals surface area contributed by atoms with E-state index in [1.807, 2.05) is 22.5 Å². The van der Waals surface area contributed by atoms with Crippen LogP contribution in [0, 0.1) is 0 Å². The number of carbonyl (C=O) groups is 1. The first-order chi connectivity index (χ1) is 26.7. The molecular weight excluding hydrogens is 805 g/mol. The Balaban J connectivity index is 1.89. The number of nitrogens with zero attached hydrogens (tertiary/aromatic N) is 2. The number of unbranched alkanes of at least 4 members (excludes halogenated alkanes) is 2. The molecule has 2 aromatic rings. The Hall–Kier alpha value is -3.53. The molecule has 19 heteroatoms. The maximum Gasteiger partial charge on any atom is 0.303 e. The average Bonchev–Trinajstić information content (AvgIpc) is 3.49. The summed E-state index contributed by atoms with van der Waals surface area (Å²) in [5.74, 6) is -1.57. The molecule has 316 valence electrons. The number of allylic oxidation sites excluding steroid dienone is 4. The first-order valence-electron chi connectivity index (χ1n) is 18.4. The molecule has 2 heterocycles. The molecule has 2 atom stereocenters. The van der Waals surface area contributed by atoms with Gasteiger partial charge in [0.05, 0.1) is 38.5 Å². The molecular formula is C38H50N2O14S3-2. The molecule has 2 aliphatic heterocycles. The quantitative estimate of drug-likeness (QED) is 0.0951. The van der Waals surface area contributed by atoms with Crippen LogP contribution >= 0.6 is 0 Å². The van der Waals surface area contributed by atoms with Crippen molar-refractivity contribution in [2.75, 3.05) is 64.4 Å². The maximum atomic E-state index is 12.2. The van der Waals surface area contributed by atoms with Gasteiger partial charge in [0.25, 0.3) is 0 Å². The second kappa shape index (κ2) is 19.0. The number of rotatable bonds is 23. The normalized spacial score (nSPS) is 20.5. The zero-order valence-corrected chi connectivity index (χ0v) is 34.9. The first-order valence-corrected chi connectivity index (χ1v) is 22.8. The molecule has 0 aliphatic carbocycles. The first kappa shape index (κ1) is 46.2. The van der Waals surface area contributed by atoms with Crippen molar-refractivity contribution in [3.8, 4) is 0 Å². The second-order valence-corrected chi connectivity index (χ2v) is 18.7. The van der Waals surface area contributed by atoms with Crippen LogP contribution in [0.1, 0.15) is 69.9 Å². The number of ether oxygens (including phenoxy) is 3. The number of hydrogen-bond acceptors (Lipinski definition) is 14. The van der Waals surface area contributed by atoms with Gasteiger partial charge in [-0.15, -0.1) is 0 Å². The van der Waals surface area contributed by atoms with Gasteiger partial charge < -0.3 is 37.9 Å². The Bertz CT molecular complexity index is 2220. The highest BCUT2D eigenvalue weighted by Crippen LogP contribution is 2.51. The van der Waals surface area contributed by atoms with Crippen LogP contribution < -0.4 is 4.90 Å². The summed E-state index contributed by atoms with van der Waals surface area (Å²) in [6.07, 6.45) is 7.42. The Morgan fingerprint density at radius 3 is 2.07 bits per heavy atom. The highest BCUT2D eigenvalue weighted by Gasteiger charge is 2.48. The summed E-state index contributed by atoms with van der Waals surface area (Å²) in [6, 6.07) is 8.23. The monoisotopic (exact) mass is 854 g/mol. The summed E-state index contributed by atoms with van der Waals surface area (Å²) in [4.78, 5) is 12.3. The van der Waals surface area contributed by atoms with Crippen molar-refractivity contribution in [1.29, 1.82) is 0 Å². The van der Waals surface area contributed by atoms with Crippen LogP contribution in [0.3, 0.4) is 0 Å². The third kappa shape index (κ3) is 11.4. The summed E-state index contributed by atoms with van der Waals surface area (Å²) in [6.45, 7) is 5.54. The van der Waals surface area contributed by atoms with Gasteiger partial charge in [0.2, 0.25) is 5.69 Å². The molecule has 2 aromatic carbocycles. The number of aliphatic carboxylic acids is 1. The number of carboxylic acids is 1. The molecule has 2 aliphatic rings. The summed E-state index contributed by atoms with van der Waals surface area (Å²) in [7, 11) is -11.2. The van der Waals surface area contributed by atoms with Gasteiger partial charge in [0.1, 0.15) is 26.8 Å². The molecule has 0 radical (unpaired) electrons. The summed E-state index contributed by atoms with van der Waals surface area (Å²) in [5, 5.41) is 9.16. The molecule has 0 aromatic heterocycles. The van der Waals surface area contributed by atoms with Crippen LogP contribution in [0.5, 0.6) is 0 Å².